The Bertz CT molecular complexity index is 1020. The van der Waals surface area contributed by atoms with Crippen molar-refractivity contribution in [1.29, 1.82) is 0 Å². The van der Waals surface area contributed by atoms with Crippen molar-refractivity contribution in [2.45, 2.75) is 32.5 Å². The number of rotatable bonds is 7. The zero-order valence-corrected chi connectivity index (χ0v) is 15.0. The first-order valence-electron chi connectivity index (χ1n) is 8.75. The van der Waals surface area contributed by atoms with Crippen molar-refractivity contribution in [3.8, 4) is 0 Å². The van der Waals surface area contributed by atoms with Gasteiger partial charge in [0.2, 0.25) is 5.91 Å². The number of para-hydroxylation sites is 2. The molecule has 140 valence electrons. The lowest BCUT2D eigenvalue weighted by Crippen LogP contribution is -2.44. The van der Waals surface area contributed by atoms with Gasteiger partial charge in [-0.25, -0.2) is 9.59 Å². The predicted molar refractivity (Wildman–Crippen MR) is 102 cm³/mol. The van der Waals surface area contributed by atoms with Gasteiger partial charge in [0.1, 0.15) is 12.6 Å². The quantitative estimate of drug-likeness (QED) is 0.664. The molecular formula is C20H21N3O4. The summed E-state index contributed by atoms with van der Waals surface area (Å²) in [7, 11) is 0. The van der Waals surface area contributed by atoms with Crippen LogP contribution in [0.4, 0.5) is 0 Å². The van der Waals surface area contributed by atoms with E-state index in [-0.39, 0.29) is 18.7 Å². The fourth-order valence-corrected chi connectivity index (χ4v) is 3.16. The molecule has 0 saturated carbocycles. The van der Waals surface area contributed by atoms with Gasteiger partial charge in [-0.3, -0.25) is 13.9 Å². The molecule has 0 aliphatic rings. The first kappa shape index (κ1) is 18.4. The molecule has 2 aromatic carbocycles. The lowest BCUT2D eigenvalue weighted by Gasteiger charge is -2.15. The third kappa shape index (κ3) is 3.92. The van der Waals surface area contributed by atoms with Crippen LogP contribution in [0.3, 0.4) is 0 Å². The van der Waals surface area contributed by atoms with Gasteiger partial charge < -0.3 is 10.4 Å². The Morgan fingerprint density at radius 3 is 2.19 bits per heavy atom. The fraction of sp³-hybridized carbons (Fsp3) is 0.250. The maximum atomic E-state index is 12.6. The molecule has 0 unspecified atom stereocenters. The molecule has 0 bridgehead atoms. The van der Waals surface area contributed by atoms with Crippen molar-refractivity contribution in [3.63, 3.8) is 0 Å². The molecule has 3 rings (SSSR count). The van der Waals surface area contributed by atoms with E-state index in [9.17, 15) is 19.5 Å². The summed E-state index contributed by atoms with van der Waals surface area (Å²) in [6.07, 6.45) is 0.174. The van der Waals surface area contributed by atoms with Gasteiger partial charge in [0.15, 0.2) is 0 Å². The Morgan fingerprint density at radius 1 is 1.00 bits per heavy atom. The highest BCUT2D eigenvalue weighted by Crippen LogP contribution is 2.12. The summed E-state index contributed by atoms with van der Waals surface area (Å²) in [6.45, 7) is 2.11. The topological polar surface area (TPSA) is 93.3 Å². The minimum atomic E-state index is -1.12. The third-order valence-electron chi connectivity index (χ3n) is 4.46. The van der Waals surface area contributed by atoms with Gasteiger partial charge in [-0.1, -0.05) is 42.5 Å². The lowest BCUT2D eigenvalue weighted by atomic mass is 10.1. The number of imidazole rings is 1. The number of benzene rings is 2. The second-order valence-corrected chi connectivity index (χ2v) is 6.25. The van der Waals surface area contributed by atoms with Crippen molar-refractivity contribution < 1.29 is 14.7 Å². The Hall–Kier alpha value is -3.35. The van der Waals surface area contributed by atoms with Crippen LogP contribution >= 0.6 is 0 Å². The van der Waals surface area contributed by atoms with Gasteiger partial charge >= 0.3 is 11.7 Å². The van der Waals surface area contributed by atoms with Gasteiger partial charge in [0.25, 0.3) is 0 Å². The minimum absolute atomic E-state index is 0.174. The molecule has 0 aliphatic carbocycles. The zero-order valence-electron chi connectivity index (χ0n) is 15.0. The SMILES string of the molecule is CCn1c(=O)n(CC(=O)N[C@@H](Cc2ccccc2)C(=O)O)c2ccccc21. The molecule has 2 N–H and O–H groups in total. The number of aliphatic carboxylic acids is 1. The highest BCUT2D eigenvalue weighted by Gasteiger charge is 2.22. The molecule has 1 aromatic heterocycles. The molecular weight excluding hydrogens is 346 g/mol. The summed E-state index contributed by atoms with van der Waals surface area (Å²) in [5.41, 5.74) is 1.92. The number of hydrogen-bond donors (Lipinski definition) is 2. The minimum Gasteiger partial charge on any atom is -0.480 e. The molecule has 0 fully saturated rings. The normalized spacial score (nSPS) is 12.0. The van der Waals surface area contributed by atoms with Crippen LogP contribution in [0.15, 0.2) is 59.4 Å². The number of nitrogens with one attached hydrogen (secondary N) is 1. The Balaban J connectivity index is 1.81. The highest BCUT2D eigenvalue weighted by atomic mass is 16.4. The van der Waals surface area contributed by atoms with E-state index in [1.54, 1.807) is 16.7 Å². The smallest absolute Gasteiger partial charge is 0.329 e. The number of fused-ring (bicyclic) bond motifs is 1. The first-order chi connectivity index (χ1) is 13.0. The summed E-state index contributed by atoms with van der Waals surface area (Å²) in [6, 6.07) is 15.2. The van der Waals surface area contributed by atoms with Crippen LogP contribution < -0.4 is 11.0 Å². The molecule has 0 radical (unpaired) electrons. The number of carbonyl (C=O) groups is 2. The van der Waals surface area contributed by atoms with E-state index >= 15 is 0 Å². The predicted octanol–water partition coefficient (Wildman–Crippen LogP) is 1.64. The maximum Gasteiger partial charge on any atom is 0.329 e. The monoisotopic (exact) mass is 367 g/mol. The lowest BCUT2D eigenvalue weighted by molar-refractivity contribution is -0.141. The molecule has 0 aliphatic heterocycles. The largest absolute Gasteiger partial charge is 0.480 e. The van der Waals surface area contributed by atoms with Gasteiger partial charge in [0, 0.05) is 13.0 Å². The zero-order chi connectivity index (χ0) is 19.4. The van der Waals surface area contributed by atoms with Crippen LogP contribution in [0.25, 0.3) is 11.0 Å². The second-order valence-electron chi connectivity index (χ2n) is 6.25. The van der Waals surface area contributed by atoms with Crippen molar-refractivity contribution in [2.24, 2.45) is 0 Å². The Kier molecular flexibility index (Phi) is 5.40. The van der Waals surface area contributed by atoms with Crippen LogP contribution in [0.5, 0.6) is 0 Å². The summed E-state index contributed by atoms with van der Waals surface area (Å²) in [5.74, 6) is -1.63. The number of hydrogen-bond acceptors (Lipinski definition) is 3. The van der Waals surface area contributed by atoms with Gasteiger partial charge in [-0.2, -0.15) is 0 Å². The van der Waals surface area contributed by atoms with Crippen LogP contribution in [-0.2, 0) is 29.1 Å². The summed E-state index contributed by atoms with van der Waals surface area (Å²) < 4.78 is 2.96. The average Bonchev–Trinajstić information content (AvgIpc) is 2.93. The van der Waals surface area contributed by atoms with E-state index in [0.29, 0.717) is 12.1 Å². The molecule has 0 saturated heterocycles. The van der Waals surface area contributed by atoms with E-state index in [1.165, 1.54) is 4.57 Å². The number of aromatic nitrogens is 2. The standard InChI is InChI=1S/C20H21N3O4/c1-2-22-16-10-6-7-11-17(16)23(20(22)27)13-18(24)21-15(19(25)26)12-14-8-4-3-5-9-14/h3-11,15H,2,12-13H2,1H3,(H,21,24)(H,25,26)/t15-/m0/s1. The van der Waals surface area contributed by atoms with E-state index < -0.39 is 17.9 Å². The molecule has 27 heavy (non-hydrogen) atoms. The van der Waals surface area contributed by atoms with Gasteiger partial charge in [-0.15, -0.1) is 0 Å². The second kappa shape index (κ2) is 7.90. The number of aryl methyl sites for hydroxylation is 1. The van der Waals surface area contributed by atoms with Crippen LogP contribution in [0, 0.1) is 0 Å². The Morgan fingerprint density at radius 2 is 1.59 bits per heavy atom. The van der Waals surface area contributed by atoms with E-state index in [4.69, 9.17) is 0 Å². The van der Waals surface area contributed by atoms with E-state index in [2.05, 4.69) is 5.32 Å². The van der Waals surface area contributed by atoms with Gasteiger partial charge in [-0.05, 0) is 24.6 Å². The van der Waals surface area contributed by atoms with Crippen LogP contribution in [-0.4, -0.2) is 32.2 Å². The molecule has 1 heterocycles. The molecule has 1 amide bonds. The van der Waals surface area contributed by atoms with Crippen molar-refractivity contribution in [1.82, 2.24) is 14.5 Å². The molecule has 3 aromatic rings. The van der Waals surface area contributed by atoms with E-state index in [0.717, 1.165) is 11.1 Å². The Labute approximate surface area is 155 Å². The summed E-state index contributed by atoms with van der Waals surface area (Å²) in [4.78, 5) is 36.6. The number of carboxylic acid groups (broad SMARTS) is 1. The van der Waals surface area contributed by atoms with Gasteiger partial charge in [0.05, 0.1) is 11.0 Å². The summed E-state index contributed by atoms with van der Waals surface area (Å²) in [5, 5.41) is 12.0. The van der Waals surface area contributed by atoms with Crippen LogP contribution in [0.1, 0.15) is 12.5 Å². The van der Waals surface area contributed by atoms with Crippen molar-refractivity contribution in [3.05, 3.63) is 70.6 Å². The van der Waals surface area contributed by atoms with Crippen molar-refractivity contribution in [2.75, 3.05) is 0 Å². The fourth-order valence-electron chi connectivity index (χ4n) is 3.16. The molecule has 1 atom stereocenters. The number of amides is 1. The molecule has 7 heteroatoms. The van der Waals surface area contributed by atoms with E-state index in [1.807, 2.05) is 49.4 Å². The first-order valence-corrected chi connectivity index (χ1v) is 8.75. The summed E-state index contributed by atoms with van der Waals surface area (Å²) >= 11 is 0. The molecule has 7 nitrogen and oxygen atoms in total. The van der Waals surface area contributed by atoms with Crippen LogP contribution in [0.2, 0.25) is 0 Å². The number of nitrogens with zero attached hydrogens (tertiary/aromatic N) is 2. The molecule has 0 spiro atoms. The highest BCUT2D eigenvalue weighted by molar-refractivity contribution is 5.85. The maximum absolute atomic E-state index is 12.6. The number of carbonyl (C=O) groups excluding carboxylic acids is 1. The number of carboxylic acids is 1. The van der Waals surface area contributed by atoms with Crippen molar-refractivity contribution >= 4 is 22.9 Å². The third-order valence-corrected chi connectivity index (χ3v) is 4.46. The average molecular weight is 367 g/mol.